The van der Waals surface area contributed by atoms with Crippen molar-refractivity contribution >= 4 is 27.5 Å². The van der Waals surface area contributed by atoms with Crippen LogP contribution in [-0.2, 0) is 0 Å². The van der Waals surface area contributed by atoms with E-state index < -0.39 is 0 Å². The summed E-state index contributed by atoms with van der Waals surface area (Å²) in [6.07, 6.45) is 2.84. The zero-order valence-electron chi connectivity index (χ0n) is 7.37. The molecule has 0 amide bonds. The van der Waals surface area contributed by atoms with Crippen LogP contribution in [0.15, 0.2) is 22.8 Å². The minimum atomic E-state index is -0.230. The molecule has 0 saturated carbocycles. The number of carbonyl (C=O) groups excluding carboxylic acids is 2. The van der Waals surface area contributed by atoms with Crippen LogP contribution in [0, 0.1) is 6.92 Å². The lowest BCUT2D eigenvalue weighted by atomic mass is 9.99. The van der Waals surface area contributed by atoms with Gasteiger partial charge in [-0.05, 0) is 34.5 Å². The zero-order valence-corrected chi connectivity index (χ0v) is 8.96. The van der Waals surface area contributed by atoms with Gasteiger partial charge in [0.1, 0.15) is 5.69 Å². The molecule has 1 heterocycles. The van der Waals surface area contributed by atoms with Gasteiger partial charge in [-0.3, -0.25) is 14.6 Å². The molecular formula is C10H6BrNO2. The summed E-state index contributed by atoms with van der Waals surface area (Å²) in [5.74, 6) is -0.415. The van der Waals surface area contributed by atoms with Crippen LogP contribution >= 0.6 is 15.9 Å². The standard InChI is InChI=1S/C10H6BrNO2/c1-5-2-6-9(12-4-5)8(13)3-7(11)10(6)14/h2-4H,1H3. The maximum Gasteiger partial charge on any atom is 0.206 e. The quantitative estimate of drug-likeness (QED) is 0.709. The van der Waals surface area contributed by atoms with Crippen molar-refractivity contribution in [3.63, 3.8) is 0 Å². The third-order valence-corrected chi connectivity index (χ3v) is 2.57. The molecule has 3 nitrogen and oxygen atoms in total. The second kappa shape index (κ2) is 3.13. The molecule has 0 N–H and O–H groups in total. The van der Waals surface area contributed by atoms with Crippen molar-refractivity contribution in [2.75, 3.05) is 0 Å². The number of aromatic nitrogens is 1. The van der Waals surface area contributed by atoms with Crippen LogP contribution in [-0.4, -0.2) is 16.6 Å². The van der Waals surface area contributed by atoms with Crippen molar-refractivity contribution in [1.29, 1.82) is 0 Å². The molecule has 0 saturated heterocycles. The number of fused-ring (bicyclic) bond motifs is 1. The molecule has 0 bridgehead atoms. The van der Waals surface area contributed by atoms with Gasteiger partial charge in [0.2, 0.25) is 11.6 Å². The first-order chi connectivity index (χ1) is 6.59. The maximum absolute atomic E-state index is 11.6. The van der Waals surface area contributed by atoms with Crippen LogP contribution in [0.1, 0.15) is 26.4 Å². The van der Waals surface area contributed by atoms with Gasteiger partial charge in [0.15, 0.2) is 0 Å². The number of hydrogen-bond donors (Lipinski definition) is 0. The van der Waals surface area contributed by atoms with Gasteiger partial charge >= 0.3 is 0 Å². The molecule has 1 aromatic rings. The lowest BCUT2D eigenvalue weighted by Gasteiger charge is -2.10. The average Bonchev–Trinajstić information content (AvgIpc) is 2.14. The zero-order chi connectivity index (χ0) is 10.3. The van der Waals surface area contributed by atoms with Crippen LogP contribution in [0.3, 0.4) is 0 Å². The van der Waals surface area contributed by atoms with E-state index in [9.17, 15) is 9.59 Å². The summed E-state index contributed by atoms with van der Waals surface area (Å²) in [7, 11) is 0. The van der Waals surface area contributed by atoms with E-state index in [1.807, 2.05) is 6.92 Å². The molecule has 1 aliphatic rings. The first-order valence-electron chi connectivity index (χ1n) is 4.02. The van der Waals surface area contributed by atoms with Crippen LogP contribution < -0.4 is 0 Å². The lowest BCUT2D eigenvalue weighted by molar-refractivity contribution is 0.0988. The van der Waals surface area contributed by atoms with Gasteiger partial charge in [0, 0.05) is 12.3 Å². The first kappa shape index (κ1) is 9.27. The number of hydrogen-bond acceptors (Lipinski definition) is 3. The highest BCUT2D eigenvalue weighted by atomic mass is 79.9. The van der Waals surface area contributed by atoms with Crippen molar-refractivity contribution < 1.29 is 9.59 Å². The van der Waals surface area contributed by atoms with Crippen LogP contribution in [0.4, 0.5) is 0 Å². The first-order valence-corrected chi connectivity index (χ1v) is 4.82. The predicted molar refractivity (Wildman–Crippen MR) is 54.6 cm³/mol. The highest BCUT2D eigenvalue weighted by Gasteiger charge is 2.25. The summed E-state index contributed by atoms with van der Waals surface area (Å²) < 4.78 is 0.294. The Morgan fingerprint density at radius 3 is 2.79 bits per heavy atom. The van der Waals surface area contributed by atoms with Gasteiger partial charge in [0.25, 0.3) is 0 Å². The number of carbonyl (C=O) groups is 2. The second-order valence-electron chi connectivity index (χ2n) is 3.09. The number of Topliss-reactive ketones (excluding diaryl/α,β-unsaturated/α-hetero) is 1. The van der Waals surface area contributed by atoms with Gasteiger partial charge in [-0.25, -0.2) is 0 Å². The van der Waals surface area contributed by atoms with Crippen LogP contribution in [0.2, 0.25) is 0 Å². The molecule has 1 aliphatic carbocycles. The van der Waals surface area contributed by atoms with Gasteiger partial charge < -0.3 is 0 Å². The molecular weight excluding hydrogens is 246 g/mol. The highest BCUT2D eigenvalue weighted by molar-refractivity contribution is 9.12. The number of allylic oxidation sites excluding steroid dienone is 2. The van der Waals surface area contributed by atoms with E-state index in [-0.39, 0.29) is 17.3 Å². The van der Waals surface area contributed by atoms with E-state index in [0.29, 0.717) is 10.0 Å². The summed E-state index contributed by atoms with van der Waals surface area (Å²) >= 11 is 3.05. The number of ketones is 2. The minimum absolute atomic E-state index is 0.184. The summed E-state index contributed by atoms with van der Waals surface area (Å²) in [4.78, 5) is 27.0. The molecule has 0 spiro atoms. The molecule has 14 heavy (non-hydrogen) atoms. The molecule has 0 aromatic carbocycles. The van der Waals surface area contributed by atoms with Crippen molar-refractivity contribution in [2.45, 2.75) is 6.92 Å². The molecule has 0 fully saturated rings. The predicted octanol–water partition coefficient (Wildman–Crippen LogP) is 2.05. The lowest BCUT2D eigenvalue weighted by Crippen LogP contribution is -2.16. The Morgan fingerprint density at radius 1 is 1.36 bits per heavy atom. The Balaban J connectivity index is 2.69. The van der Waals surface area contributed by atoms with Gasteiger partial charge in [-0.15, -0.1) is 0 Å². The van der Waals surface area contributed by atoms with E-state index in [1.165, 1.54) is 6.08 Å². The summed E-state index contributed by atoms with van der Waals surface area (Å²) in [6, 6.07) is 1.68. The SMILES string of the molecule is Cc1cnc2c(c1)C(=O)C(Br)=CC2=O. The molecule has 0 atom stereocenters. The van der Waals surface area contributed by atoms with Crippen LogP contribution in [0.25, 0.3) is 0 Å². The van der Waals surface area contributed by atoms with E-state index in [0.717, 1.165) is 5.56 Å². The molecule has 1 aromatic heterocycles. The maximum atomic E-state index is 11.6. The molecule has 0 unspecified atom stereocenters. The Bertz CT molecular complexity index is 477. The number of rotatable bonds is 0. The smallest absolute Gasteiger partial charge is 0.206 e. The molecule has 4 heteroatoms. The molecule has 0 aliphatic heterocycles. The monoisotopic (exact) mass is 251 g/mol. The second-order valence-corrected chi connectivity index (χ2v) is 3.95. The van der Waals surface area contributed by atoms with E-state index in [4.69, 9.17) is 0 Å². The average molecular weight is 252 g/mol. The third-order valence-electron chi connectivity index (χ3n) is 1.98. The number of aryl methyl sites for hydroxylation is 1. The van der Waals surface area contributed by atoms with Crippen molar-refractivity contribution in [1.82, 2.24) is 4.98 Å². The Kier molecular flexibility index (Phi) is 2.07. The highest BCUT2D eigenvalue weighted by Crippen LogP contribution is 2.23. The normalized spacial score (nSPS) is 15.1. The van der Waals surface area contributed by atoms with Gasteiger partial charge in [-0.1, -0.05) is 0 Å². The topological polar surface area (TPSA) is 47.0 Å². The largest absolute Gasteiger partial charge is 0.288 e. The van der Waals surface area contributed by atoms with E-state index in [1.54, 1.807) is 12.3 Å². The van der Waals surface area contributed by atoms with Gasteiger partial charge in [-0.2, -0.15) is 0 Å². The fraction of sp³-hybridized carbons (Fsp3) is 0.100. The number of pyridine rings is 1. The van der Waals surface area contributed by atoms with E-state index in [2.05, 4.69) is 20.9 Å². The summed E-state index contributed by atoms with van der Waals surface area (Å²) in [6.45, 7) is 1.83. The summed E-state index contributed by atoms with van der Waals surface area (Å²) in [5, 5.41) is 0. The fourth-order valence-corrected chi connectivity index (χ4v) is 1.74. The van der Waals surface area contributed by atoms with Crippen molar-refractivity contribution in [2.24, 2.45) is 0 Å². The molecule has 2 rings (SSSR count). The molecule has 70 valence electrons. The summed E-state index contributed by atoms with van der Waals surface area (Å²) in [5.41, 5.74) is 1.49. The fourth-order valence-electron chi connectivity index (χ4n) is 1.32. The number of nitrogens with zero attached hydrogens (tertiary/aromatic N) is 1. The van der Waals surface area contributed by atoms with Crippen molar-refractivity contribution in [3.8, 4) is 0 Å². The van der Waals surface area contributed by atoms with E-state index >= 15 is 0 Å². The minimum Gasteiger partial charge on any atom is -0.288 e. The number of halogens is 1. The molecule has 0 radical (unpaired) electrons. The van der Waals surface area contributed by atoms with Crippen molar-refractivity contribution in [3.05, 3.63) is 39.6 Å². The van der Waals surface area contributed by atoms with Crippen LogP contribution in [0.5, 0.6) is 0 Å². The van der Waals surface area contributed by atoms with Gasteiger partial charge in [0.05, 0.1) is 10.0 Å². The Morgan fingerprint density at radius 2 is 2.07 bits per heavy atom. The Labute approximate surface area is 89.0 Å². The third kappa shape index (κ3) is 1.32. The Hall–Kier alpha value is -1.29.